The molecule has 6 nitrogen and oxygen atoms in total. The Morgan fingerprint density at radius 1 is 1.03 bits per heavy atom. The fourth-order valence-corrected chi connectivity index (χ4v) is 4.95. The molecule has 0 amide bonds. The SMILES string of the molecule is Cn1cc(-c2ccc(NC(=S)NC3CCC(n4cncc4-c4ccccc4)CC3)cc2F)cn1. The molecule has 1 fully saturated rings. The minimum atomic E-state index is -0.309. The first-order valence-electron chi connectivity index (χ1n) is 11.5. The summed E-state index contributed by atoms with van der Waals surface area (Å²) in [5.41, 5.74) is 4.24. The van der Waals surface area contributed by atoms with Gasteiger partial charge in [0.15, 0.2) is 5.11 Å². The Balaban J connectivity index is 1.16. The number of anilines is 1. The van der Waals surface area contributed by atoms with Crippen LogP contribution in [0.25, 0.3) is 22.4 Å². The van der Waals surface area contributed by atoms with E-state index in [0.29, 0.717) is 28.4 Å². The Morgan fingerprint density at radius 3 is 2.53 bits per heavy atom. The number of rotatable bonds is 5. The highest BCUT2D eigenvalue weighted by molar-refractivity contribution is 7.80. The number of hydrogen-bond donors (Lipinski definition) is 2. The molecule has 2 N–H and O–H groups in total. The van der Waals surface area contributed by atoms with Crippen LogP contribution in [0.5, 0.6) is 0 Å². The van der Waals surface area contributed by atoms with Gasteiger partial charge in [0, 0.05) is 42.1 Å². The largest absolute Gasteiger partial charge is 0.360 e. The molecule has 4 aromatic rings. The first kappa shape index (κ1) is 22.3. The number of nitrogens with zero attached hydrogens (tertiary/aromatic N) is 4. The highest BCUT2D eigenvalue weighted by Gasteiger charge is 2.24. The van der Waals surface area contributed by atoms with Gasteiger partial charge in [0.25, 0.3) is 0 Å². The van der Waals surface area contributed by atoms with Crippen LogP contribution in [-0.4, -0.2) is 30.5 Å². The second-order valence-electron chi connectivity index (χ2n) is 8.75. The van der Waals surface area contributed by atoms with Crippen molar-refractivity contribution < 1.29 is 4.39 Å². The van der Waals surface area contributed by atoms with Gasteiger partial charge in [-0.3, -0.25) is 4.68 Å². The van der Waals surface area contributed by atoms with Crippen LogP contribution >= 0.6 is 12.2 Å². The summed E-state index contributed by atoms with van der Waals surface area (Å²) in [6.07, 6.45) is 11.4. The molecule has 34 heavy (non-hydrogen) atoms. The molecule has 2 aromatic carbocycles. The summed E-state index contributed by atoms with van der Waals surface area (Å²) in [4.78, 5) is 4.40. The number of aromatic nitrogens is 4. The zero-order valence-corrected chi connectivity index (χ0v) is 19.8. The molecule has 1 aliphatic rings. The van der Waals surface area contributed by atoms with Crippen LogP contribution < -0.4 is 10.6 Å². The number of aryl methyl sites for hydroxylation is 1. The summed E-state index contributed by atoms with van der Waals surface area (Å²) in [5, 5.41) is 11.2. The van der Waals surface area contributed by atoms with E-state index in [0.717, 1.165) is 36.9 Å². The van der Waals surface area contributed by atoms with Crippen molar-refractivity contribution in [2.24, 2.45) is 7.05 Å². The molecule has 0 unspecified atom stereocenters. The normalized spacial score (nSPS) is 17.9. The van der Waals surface area contributed by atoms with E-state index in [1.54, 1.807) is 23.1 Å². The highest BCUT2D eigenvalue weighted by Crippen LogP contribution is 2.32. The third-order valence-electron chi connectivity index (χ3n) is 6.40. The Kier molecular flexibility index (Phi) is 6.40. The molecular formula is C26H27FN6S. The predicted molar refractivity (Wildman–Crippen MR) is 137 cm³/mol. The van der Waals surface area contributed by atoms with Gasteiger partial charge in [0.05, 0.1) is 24.4 Å². The maximum Gasteiger partial charge on any atom is 0.170 e. The Hall–Kier alpha value is -3.52. The smallest absolute Gasteiger partial charge is 0.170 e. The molecule has 0 bridgehead atoms. The number of imidazole rings is 1. The van der Waals surface area contributed by atoms with Gasteiger partial charge in [-0.2, -0.15) is 5.10 Å². The van der Waals surface area contributed by atoms with Gasteiger partial charge in [-0.15, -0.1) is 0 Å². The standard InChI is InChI=1S/C26H27FN6S/c1-32-16-19(14-29-32)23-12-9-21(13-24(23)27)31-26(34)30-20-7-10-22(11-8-20)33-17-28-15-25(33)18-5-3-2-4-6-18/h2-6,9,12-17,20,22H,7-8,10-11H2,1H3,(H2,30,31,34). The van der Waals surface area contributed by atoms with Crippen molar-refractivity contribution in [3.63, 3.8) is 0 Å². The minimum absolute atomic E-state index is 0.291. The fourth-order valence-electron chi connectivity index (χ4n) is 4.67. The molecular weight excluding hydrogens is 447 g/mol. The number of benzene rings is 2. The van der Waals surface area contributed by atoms with Crippen molar-refractivity contribution in [2.45, 2.75) is 37.8 Å². The highest BCUT2D eigenvalue weighted by atomic mass is 32.1. The van der Waals surface area contributed by atoms with Gasteiger partial charge in [-0.1, -0.05) is 30.3 Å². The number of halogens is 1. The van der Waals surface area contributed by atoms with Crippen LogP contribution in [-0.2, 0) is 7.05 Å². The maximum atomic E-state index is 14.6. The van der Waals surface area contributed by atoms with Crippen molar-refractivity contribution >= 4 is 23.0 Å². The van der Waals surface area contributed by atoms with Gasteiger partial charge >= 0.3 is 0 Å². The fraction of sp³-hybridized carbons (Fsp3) is 0.269. The lowest BCUT2D eigenvalue weighted by molar-refractivity contribution is 0.312. The monoisotopic (exact) mass is 474 g/mol. The predicted octanol–water partition coefficient (Wildman–Crippen LogP) is 5.56. The quantitative estimate of drug-likeness (QED) is 0.371. The van der Waals surface area contributed by atoms with E-state index in [1.807, 2.05) is 31.7 Å². The molecule has 0 spiro atoms. The molecule has 0 radical (unpaired) electrons. The van der Waals surface area contributed by atoms with Crippen LogP contribution in [0, 0.1) is 5.82 Å². The van der Waals surface area contributed by atoms with E-state index in [-0.39, 0.29) is 5.82 Å². The van der Waals surface area contributed by atoms with Gasteiger partial charge in [-0.25, -0.2) is 9.37 Å². The molecule has 2 aromatic heterocycles. The van der Waals surface area contributed by atoms with Crippen LogP contribution in [0.3, 0.4) is 0 Å². The van der Waals surface area contributed by atoms with Crippen molar-refractivity contribution in [2.75, 3.05) is 5.32 Å². The van der Waals surface area contributed by atoms with Gasteiger partial charge in [0.1, 0.15) is 5.82 Å². The zero-order valence-electron chi connectivity index (χ0n) is 19.0. The maximum absolute atomic E-state index is 14.6. The van der Waals surface area contributed by atoms with Crippen molar-refractivity contribution in [1.29, 1.82) is 0 Å². The molecule has 0 saturated heterocycles. The van der Waals surface area contributed by atoms with Gasteiger partial charge in [0.2, 0.25) is 0 Å². The second-order valence-corrected chi connectivity index (χ2v) is 9.16. The van der Waals surface area contributed by atoms with E-state index in [2.05, 4.69) is 49.5 Å². The average molecular weight is 475 g/mol. The van der Waals surface area contributed by atoms with E-state index in [9.17, 15) is 4.39 Å². The molecule has 5 rings (SSSR count). The summed E-state index contributed by atoms with van der Waals surface area (Å²) in [5.74, 6) is -0.309. The molecule has 2 heterocycles. The summed E-state index contributed by atoms with van der Waals surface area (Å²) in [7, 11) is 1.81. The van der Waals surface area contributed by atoms with E-state index in [1.165, 1.54) is 11.6 Å². The Labute approximate surface area is 203 Å². The molecule has 0 atom stereocenters. The van der Waals surface area contributed by atoms with Crippen molar-refractivity contribution in [3.05, 3.63) is 79.3 Å². The zero-order chi connectivity index (χ0) is 23.5. The van der Waals surface area contributed by atoms with Crippen LogP contribution in [0.2, 0.25) is 0 Å². The van der Waals surface area contributed by atoms with Gasteiger partial charge < -0.3 is 15.2 Å². The Morgan fingerprint density at radius 2 is 1.82 bits per heavy atom. The third-order valence-corrected chi connectivity index (χ3v) is 6.62. The lowest BCUT2D eigenvalue weighted by atomic mass is 9.90. The van der Waals surface area contributed by atoms with Crippen molar-refractivity contribution in [3.8, 4) is 22.4 Å². The van der Waals surface area contributed by atoms with Crippen molar-refractivity contribution in [1.82, 2.24) is 24.6 Å². The third kappa shape index (κ3) is 4.87. The molecule has 1 aliphatic carbocycles. The van der Waals surface area contributed by atoms with Crippen LogP contribution in [0.1, 0.15) is 31.7 Å². The molecule has 174 valence electrons. The lowest BCUT2D eigenvalue weighted by Crippen LogP contribution is -2.40. The summed E-state index contributed by atoms with van der Waals surface area (Å²) in [6, 6.07) is 16.1. The minimum Gasteiger partial charge on any atom is -0.360 e. The molecule has 0 aliphatic heterocycles. The lowest BCUT2D eigenvalue weighted by Gasteiger charge is -2.31. The van der Waals surface area contributed by atoms with Gasteiger partial charge in [-0.05, 0) is 61.7 Å². The first-order chi connectivity index (χ1) is 16.6. The average Bonchev–Trinajstić information content (AvgIpc) is 3.50. The second kappa shape index (κ2) is 9.77. The Bertz CT molecular complexity index is 1270. The topological polar surface area (TPSA) is 59.7 Å². The summed E-state index contributed by atoms with van der Waals surface area (Å²) in [6.45, 7) is 0. The van der Waals surface area contributed by atoms with E-state index < -0.39 is 0 Å². The number of nitrogens with one attached hydrogen (secondary N) is 2. The first-order valence-corrected chi connectivity index (χ1v) is 11.9. The van der Waals surface area contributed by atoms with E-state index >= 15 is 0 Å². The number of thiocarbonyl (C=S) groups is 1. The van der Waals surface area contributed by atoms with E-state index in [4.69, 9.17) is 12.2 Å². The molecule has 8 heteroatoms. The van der Waals surface area contributed by atoms with Crippen LogP contribution in [0.15, 0.2) is 73.4 Å². The summed E-state index contributed by atoms with van der Waals surface area (Å²) >= 11 is 5.51. The summed E-state index contributed by atoms with van der Waals surface area (Å²) < 4.78 is 18.6. The molecule has 1 saturated carbocycles. The number of hydrogen-bond acceptors (Lipinski definition) is 3. The van der Waals surface area contributed by atoms with Crippen LogP contribution in [0.4, 0.5) is 10.1 Å².